The molecule has 4 atom stereocenters. The summed E-state index contributed by atoms with van der Waals surface area (Å²) in [6, 6.07) is 1.16. The van der Waals surface area contributed by atoms with Gasteiger partial charge in [-0.1, -0.05) is 0 Å². The Bertz CT molecular complexity index is 666. The third kappa shape index (κ3) is 2.18. The second kappa shape index (κ2) is 4.67. The molecule has 0 aromatic carbocycles. The molecule has 21 heavy (non-hydrogen) atoms. The number of nitrogen functional groups attached to an aromatic ring is 1. The predicted octanol–water partition coefficient (Wildman–Crippen LogP) is -1.87. The maximum atomic E-state index is 12.1. The summed E-state index contributed by atoms with van der Waals surface area (Å²) in [4.78, 5) is 23.4. The van der Waals surface area contributed by atoms with Crippen LogP contribution < -0.4 is 17.1 Å². The highest BCUT2D eigenvalue weighted by molar-refractivity contribution is 4.99. The lowest BCUT2D eigenvalue weighted by molar-refractivity contribution is -0.200. The van der Waals surface area contributed by atoms with Gasteiger partial charge >= 0.3 is 5.69 Å². The third-order valence-electron chi connectivity index (χ3n) is 3.62. The molecule has 9 heteroatoms. The topological polar surface area (TPSA) is 118 Å². The number of aliphatic hydroxyl groups is 1. The van der Waals surface area contributed by atoms with E-state index in [-0.39, 0.29) is 6.61 Å². The number of aliphatic hydroxyl groups excluding tert-OH is 1. The molecule has 0 spiro atoms. The largest absolute Gasteiger partial charge is 0.394 e. The fourth-order valence-corrected chi connectivity index (χ4v) is 2.73. The summed E-state index contributed by atoms with van der Waals surface area (Å²) >= 11 is 0. The summed E-state index contributed by atoms with van der Waals surface area (Å²) in [6.45, 7) is 3.21. The Labute approximate surface area is 119 Å². The van der Waals surface area contributed by atoms with Crippen LogP contribution in [0.15, 0.2) is 21.9 Å². The zero-order valence-corrected chi connectivity index (χ0v) is 11.6. The molecule has 0 radical (unpaired) electrons. The SMILES string of the molecule is CC1(C)O[C@@H]2[C@H](O1)[C@@H](CO)O[C@H]2n1ccc(=O)n(N)c1=O. The van der Waals surface area contributed by atoms with E-state index in [4.69, 9.17) is 20.1 Å². The number of aromatic nitrogens is 2. The molecular weight excluding hydrogens is 282 g/mol. The highest BCUT2D eigenvalue weighted by atomic mass is 16.8. The van der Waals surface area contributed by atoms with Crippen molar-refractivity contribution in [3.05, 3.63) is 33.1 Å². The summed E-state index contributed by atoms with van der Waals surface area (Å²) in [5, 5.41) is 9.39. The molecule has 1 aromatic heterocycles. The van der Waals surface area contributed by atoms with Crippen LogP contribution in [-0.2, 0) is 14.2 Å². The first kappa shape index (κ1) is 14.3. The standard InChI is InChI=1S/C12H17N3O6/c1-12(2)20-8-6(5-16)19-10(9(8)21-12)14-4-3-7(17)15(13)11(14)18/h3-4,6,8-10,16H,5,13H2,1-2H3/t6-,8-,9-,10-/m1/s1. The summed E-state index contributed by atoms with van der Waals surface area (Å²) in [5.74, 6) is 4.56. The van der Waals surface area contributed by atoms with E-state index in [0.717, 1.165) is 6.07 Å². The smallest absolute Gasteiger partial charge is 0.351 e. The zero-order valence-electron chi connectivity index (χ0n) is 11.6. The van der Waals surface area contributed by atoms with Crippen molar-refractivity contribution in [2.45, 2.75) is 44.2 Å². The van der Waals surface area contributed by atoms with E-state index < -0.39 is 41.6 Å². The van der Waals surface area contributed by atoms with Crippen LogP contribution in [0, 0.1) is 0 Å². The Balaban J connectivity index is 2.02. The van der Waals surface area contributed by atoms with Gasteiger partial charge in [-0.05, 0) is 13.8 Å². The molecule has 2 aliphatic heterocycles. The lowest BCUT2D eigenvalue weighted by Gasteiger charge is -2.24. The summed E-state index contributed by atoms with van der Waals surface area (Å²) in [5.41, 5.74) is -1.34. The maximum Gasteiger partial charge on any atom is 0.351 e. The molecule has 0 saturated carbocycles. The molecule has 1 aromatic rings. The van der Waals surface area contributed by atoms with Crippen LogP contribution >= 0.6 is 0 Å². The van der Waals surface area contributed by atoms with Crippen molar-refractivity contribution < 1.29 is 19.3 Å². The minimum Gasteiger partial charge on any atom is -0.394 e. The molecule has 0 amide bonds. The van der Waals surface area contributed by atoms with Crippen molar-refractivity contribution in [2.24, 2.45) is 0 Å². The van der Waals surface area contributed by atoms with Gasteiger partial charge in [0.2, 0.25) is 0 Å². The van der Waals surface area contributed by atoms with Gasteiger partial charge in [0, 0.05) is 12.3 Å². The minimum atomic E-state index is -0.842. The molecule has 0 bridgehead atoms. The quantitative estimate of drug-likeness (QED) is 0.614. The van der Waals surface area contributed by atoms with Crippen LogP contribution in [0.3, 0.4) is 0 Å². The number of rotatable bonds is 2. The van der Waals surface area contributed by atoms with E-state index in [1.807, 2.05) is 0 Å². The van der Waals surface area contributed by atoms with Crippen LogP contribution in [0.4, 0.5) is 0 Å². The molecule has 2 fully saturated rings. The normalized spacial score (nSPS) is 34.0. The third-order valence-corrected chi connectivity index (χ3v) is 3.62. The first-order valence-electron chi connectivity index (χ1n) is 6.55. The van der Waals surface area contributed by atoms with Gasteiger partial charge in [0.25, 0.3) is 5.56 Å². The van der Waals surface area contributed by atoms with Crippen molar-refractivity contribution in [3.63, 3.8) is 0 Å². The second-order valence-electron chi connectivity index (χ2n) is 5.53. The monoisotopic (exact) mass is 299 g/mol. The van der Waals surface area contributed by atoms with Gasteiger partial charge in [-0.3, -0.25) is 9.36 Å². The second-order valence-corrected chi connectivity index (χ2v) is 5.53. The fourth-order valence-electron chi connectivity index (χ4n) is 2.73. The minimum absolute atomic E-state index is 0.270. The summed E-state index contributed by atoms with van der Waals surface area (Å²) < 4.78 is 18.7. The fraction of sp³-hybridized carbons (Fsp3) is 0.667. The number of ether oxygens (including phenoxy) is 3. The van der Waals surface area contributed by atoms with Gasteiger partial charge in [-0.15, -0.1) is 0 Å². The Morgan fingerprint density at radius 3 is 2.67 bits per heavy atom. The van der Waals surface area contributed by atoms with Crippen molar-refractivity contribution in [3.8, 4) is 0 Å². The van der Waals surface area contributed by atoms with Crippen molar-refractivity contribution in [1.82, 2.24) is 9.24 Å². The number of nitrogens with two attached hydrogens (primary N) is 1. The number of hydrogen-bond acceptors (Lipinski definition) is 7. The molecule has 3 rings (SSSR count). The van der Waals surface area contributed by atoms with Crippen molar-refractivity contribution in [2.75, 3.05) is 12.4 Å². The first-order valence-corrected chi connectivity index (χ1v) is 6.55. The molecule has 9 nitrogen and oxygen atoms in total. The first-order chi connectivity index (χ1) is 9.84. The van der Waals surface area contributed by atoms with Crippen LogP contribution in [-0.4, -0.2) is 45.1 Å². The van der Waals surface area contributed by atoms with Crippen LogP contribution in [0.2, 0.25) is 0 Å². The molecule has 0 aliphatic carbocycles. The lowest BCUT2D eigenvalue weighted by atomic mass is 10.1. The van der Waals surface area contributed by atoms with Crippen molar-refractivity contribution >= 4 is 0 Å². The van der Waals surface area contributed by atoms with E-state index in [9.17, 15) is 14.7 Å². The van der Waals surface area contributed by atoms with Crippen LogP contribution in [0.25, 0.3) is 0 Å². The average molecular weight is 299 g/mol. The highest BCUT2D eigenvalue weighted by Gasteiger charge is 2.55. The van der Waals surface area contributed by atoms with E-state index in [2.05, 4.69) is 0 Å². The number of hydrogen-bond donors (Lipinski definition) is 2. The number of nitrogens with zero attached hydrogens (tertiary/aromatic N) is 2. The lowest BCUT2D eigenvalue weighted by Crippen LogP contribution is -2.46. The van der Waals surface area contributed by atoms with Crippen molar-refractivity contribution in [1.29, 1.82) is 0 Å². The maximum absolute atomic E-state index is 12.1. The highest BCUT2D eigenvalue weighted by Crippen LogP contribution is 2.42. The number of fused-ring (bicyclic) bond motifs is 1. The molecule has 116 valence electrons. The zero-order chi connectivity index (χ0) is 15.4. The van der Waals surface area contributed by atoms with E-state index in [1.54, 1.807) is 13.8 Å². The van der Waals surface area contributed by atoms with Gasteiger partial charge in [-0.25, -0.2) is 4.79 Å². The van der Waals surface area contributed by atoms with Crippen LogP contribution in [0.5, 0.6) is 0 Å². The Hall–Kier alpha value is -1.68. The summed E-state index contributed by atoms with van der Waals surface area (Å²) in [7, 11) is 0. The molecule has 3 heterocycles. The van der Waals surface area contributed by atoms with Gasteiger partial charge in [0.05, 0.1) is 6.61 Å². The Morgan fingerprint density at radius 2 is 2.00 bits per heavy atom. The van der Waals surface area contributed by atoms with Gasteiger partial charge in [0.1, 0.15) is 18.3 Å². The van der Waals surface area contributed by atoms with Gasteiger partial charge < -0.3 is 25.2 Å². The molecule has 2 saturated heterocycles. The molecule has 0 unspecified atom stereocenters. The molecular formula is C12H17N3O6. The Morgan fingerprint density at radius 1 is 1.33 bits per heavy atom. The van der Waals surface area contributed by atoms with E-state index in [0.29, 0.717) is 4.68 Å². The van der Waals surface area contributed by atoms with Crippen LogP contribution in [0.1, 0.15) is 20.1 Å². The van der Waals surface area contributed by atoms with E-state index in [1.165, 1.54) is 10.8 Å². The van der Waals surface area contributed by atoms with E-state index >= 15 is 0 Å². The molecule has 2 aliphatic rings. The summed E-state index contributed by atoms with van der Waals surface area (Å²) in [6.07, 6.45) is -1.22. The predicted molar refractivity (Wildman–Crippen MR) is 69.9 cm³/mol. The van der Waals surface area contributed by atoms with Gasteiger partial charge in [0.15, 0.2) is 12.0 Å². The molecule has 3 N–H and O–H groups in total. The average Bonchev–Trinajstić information content (AvgIpc) is 2.90. The van der Waals surface area contributed by atoms with Gasteiger partial charge in [-0.2, -0.15) is 4.68 Å². The Kier molecular flexibility index (Phi) is 3.17.